The molecule has 0 bridgehead atoms. The maximum absolute atomic E-state index is 12.1. The minimum absolute atomic E-state index is 0.124. The lowest BCUT2D eigenvalue weighted by Gasteiger charge is -2.27. The van der Waals surface area contributed by atoms with Gasteiger partial charge in [-0.3, -0.25) is 4.79 Å². The van der Waals surface area contributed by atoms with Crippen LogP contribution >= 0.6 is 11.8 Å². The summed E-state index contributed by atoms with van der Waals surface area (Å²) in [4.78, 5) is 13.9. The van der Waals surface area contributed by atoms with Crippen LogP contribution < -0.4 is 0 Å². The molecule has 1 aromatic carbocycles. The first-order valence-electron chi connectivity index (χ1n) is 6.26. The lowest BCUT2D eigenvalue weighted by molar-refractivity contribution is -0.128. The summed E-state index contributed by atoms with van der Waals surface area (Å²) in [6.07, 6.45) is 0. The average Bonchev–Trinajstić information content (AvgIpc) is 2.34. The molecule has 1 unspecified atom stereocenters. The Bertz CT molecular complexity index is 383. The molecule has 1 atom stereocenters. The van der Waals surface area contributed by atoms with E-state index in [1.165, 1.54) is 5.56 Å². The Morgan fingerprint density at radius 2 is 1.83 bits per heavy atom. The Labute approximate surface area is 115 Å². The first kappa shape index (κ1) is 15.1. The van der Waals surface area contributed by atoms with Crippen LogP contribution in [-0.2, 0) is 4.79 Å². The van der Waals surface area contributed by atoms with Crippen LogP contribution in [0.15, 0.2) is 30.3 Å². The molecule has 0 heterocycles. The molecule has 0 saturated carbocycles. The third kappa shape index (κ3) is 4.73. The van der Waals surface area contributed by atoms with Gasteiger partial charge in [0.25, 0.3) is 0 Å². The summed E-state index contributed by atoms with van der Waals surface area (Å²) in [7, 11) is 1.88. The summed E-state index contributed by atoms with van der Waals surface area (Å²) in [6, 6.07) is 10.3. The molecule has 3 heteroatoms. The Morgan fingerprint density at radius 1 is 1.28 bits per heavy atom. The number of amides is 1. The minimum atomic E-state index is 0.124. The molecular formula is C15H23NOS. The number of thioether (sulfide) groups is 1. The smallest absolute Gasteiger partial charge is 0.232 e. The largest absolute Gasteiger partial charge is 0.338 e. The van der Waals surface area contributed by atoms with Crippen LogP contribution in [0.2, 0.25) is 0 Å². The highest BCUT2D eigenvalue weighted by Gasteiger charge is 2.19. The zero-order valence-corrected chi connectivity index (χ0v) is 12.8. The van der Waals surface area contributed by atoms with E-state index in [2.05, 4.69) is 39.8 Å². The van der Waals surface area contributed by atoms with E-state index in [4.69, 9.17) is 0 Å². The maximum Gasteiger partial charge on any atom is 0.232 e. The lowest BCUT2D eigenvalue weighted by Crippen LogP contribution is -2.32. The Hall–Kier alpha value is -0.960. The molecule has 18 heavy (non-hydrogen) atoms. The molecular weight excluding hydrogens is 242 g/mol. The van der Waals surface area contributed by atoms with E-state index in [0.29, 0.717) is 5.75 Å². The molecule has 0 aliphatic rings. The van der Waals surface area contributed by atoms with Gasteiger partial charge in [-0.25, -0.2) is 0 Å². The van der Waals surface area contributed by atoms with Crippen LogP contribution in [0.3, 0.4) is 0 Å². The van der Waals surface area contributed by atoms with Gasteiger partial charge in [0.1, 0.15) is 0 Å². The third-order valence-corrected chi connectivity index (χ3v) is 4.14. The molecule has 100 valence electrons. The quantitative estimate of drug-likeness (QED) is 0.826. The van der Waals surface area contributed by atoms with Crippen LogP contribution in [-0.4, -0.2) is 28.4 Å². The predicted octanol–water partition coefficient (Wildman–Crippen LogP) is 3.74. The van der Waals surface area contributed by atoms with Gasteiger partial charge in [0.2, 0.25) is 5.91 Å². The first-order valence-corrected chi connectivity index (χ1v) is 7.24. The van der Waals surface area contributed by atoms with E-state index in [1.54, 1.807) is 11.8 Å². The molecule has 0 aliphatic heterocycles. The van der Waals surface area contributed by atoms with Crippen molar-refractivity contribution in [3.8, 4) is 0 Å². The molecule has 0 aliphatic carbocycles. The third-order valence-electron chi connectivity index (χ3n) is 2.88. The van der Waals surface area contributed by atoms with E-state index in [-0.39, 0.29) is 16.7 Å². The molecule has 0 fully saturated rings. The lowest BCUT2D eigenvalue weighted by atomic mass is 10.1. The van der Waals surface area contributed by atoms with Crippen molar-refractivity contribution in [2.45, 2.75) is 38.5 Å². The summed E-state index contributed by atoms with van der Waals surface area (Å²) in [6.45, 7) is 8.46. The zero-order valence-electron chi connectivity index (χ0n) is 11.9. The van der Waals surface area contributed by atoms with Gasteiger partial charge in [-0.15, -0.1) is 11.8 Å². The summed E-state index contributed by atoms with van der Waals surface area (Å²) in [5, 5.41) is 0. The van der Waals surface area contributed by atoms with Crippen molar-refractivity contribution in [1.29, 1.82) is 0 Å². The summed E-state index contributed by atoms with van der Waals surface area (Å²) in [5.41, 5.74) is 1.18. The van der Waals surface area contributed by atoms with Gasteiger partial charge in [-0.1, -0.05) is 51.1 Å². The predicted molar refractivity (Wildman–Crippen MR) is 79.8 cm³/mol. The molecule has 0 aromatic heterocycles. The SMILES string of the molecule is CC(c1ccccc1)N(C)C(=O)CSC(C)(C)C. The number of hydrogen-bond acceptors (Lipinski definition) is 2. The van der Waals surface area contributed by atoms with Crippen molar-refractivity contribution >= 4 is 17.7 Å². The number of benzene rings is 1. The monoisotopic (exact) mass is 265 g/mol. The fraction of sp³-hybridized carbons (Fsp3) is 0.533. The highest BCUT2D eigenvalue weighted by Crippen LogP contribution is 2.25. The topological polar surface area (TPSA) is 20.3 Å². The van der Waals surface area contributed by atoms with Crippen LogP contribution in [0, 0.1) is 0 Å². The van der Waals surface area contributed by atoms with Crippen molar-refractivity contribution in [2.75, 3.05) is 12.8 Å². The van der Waals surface area contributed by atoms with Crippen molar-refractivity contribution < 1.29 is 4.79 Å². The second kappa shape index (κ2) is 6.28. The van der Waals surface area contributed by atoms with Crippen molar-refractivity contribution in [2.24, 2.45) is 0 Å². The number of rotatable bonds is 4. The molecule has 1 rings (SSSR count). The van der Waals surface area contributed by atoms with Gasteiger partial charge >= 0.3 is 0 Å². The van der Waals surface area contributed by atoms with Gasteiger partial charge in [-0.05, 0) is 12.5 Å². The van der Waals surface area contributed by atoms with Crippen LogP contribution in [0.4, 0.5) is 0 Å². The van der Waals surface area contributed by atoms with Gasteiger partial charge in [0.05, 0.1) is 11.8 Å². The Kier molecular flexibility index (Phi) is 5.27. The zero-order chi connectivity index (χ0) is 13.8. The molecule has 0 radical (unpaired) electrons. The van der Waals surface area contributed by atoms with Crippen LogP contribution in [0.5, 0.6) is 0 Å². The van der Waals surface area contributed by atoms with Gasteiger partial charge < -0.3 is 4.90 Å². The highest BCUT2D eigenvalue weighted by molar-refractivity contribution is 8.01. The number of carbonyl (C=O) groups is 1. The number of nitrogens with zero attached hydrogens (tertiary/aromatic N) is 1. The fourth-order valence-electron chi connectivity index (χ4n) is 1.55. The number of hydrogen-bond donors (Lipinski definition) is 0. The minimum Gasteiger partial charge on any atom is -0.338 e. The van der Waals surface area contributed by atoms with E-state index < -0.39 is 0 Å². The summed E-state index contributed by atoms with van der Waals surface area (Å²) < 4.78 is 0.131. The van der Waals surface area contributed by atoms with Crippen LogP contribution in [0.25, 0.3) is 0 Å². The molecule has 0 spiro atoms. The van der Waals surface area contributed by atoms with Gasteiger partial charge in [0, 0.05) is 11.8 Å². The second-order valence-electron chi connectivity index (χ2n) is 5.49. The molecule has 2 nitrogen and oxygen atoms in total. The summed E-state index contributed by atoms with van der Waals surface area (Å²) in [5.74, 6) is 0.725. The van der Waals surface area contributed by atoms with Crippen molar-refractivity contribution in [3.05, 3.63) is 35.9 Å². The second-order valence-corrected chi connectivity index (χ2v) is 7.29. The van der Waals surface area contributed by atoms with Crippen LogP contribution in [0.1, 0.15) is 39.3 Å². The Balaban J connectivity index is 2.59. The average molecular weight is 265 g/mol. The standard InChI is InChI=1S/C15H23NOS/c1-12(13-9-7-6-8-10-13)16(5)14(17)11-18-15(2,3)4/h6-10,12H,11H2,1-5H3. The van der Waals surface area contributed by atoms with Crippen molar-refractivity contribution in [1.82, 2.24) is 4.90 Å². The fourth-order valence-corrected chi connectivity index (χ4v) is 2.31. The molecule has 0 saturated heterocycles. The molecule has 1 aromatic rings. The van der Waals surface area contributed by atoms with E-state index in [9.17, 15) is 4.79 Å². The molecule has 1 amide bonds. The van der Waals surface area contributed by atoms with E-state index >= 15 is 0 Å². The first-order chi connectivity index (χ1) is 8.31. The normalized spacial score (nSPS) is 13.2. The van der Waals surface area contributed by atoms with Gasteiger partial charge in [-0.2, -0.15) is 0 Å². The Morgan fingerprint density at radius 3 is 2.33 bits per heavy atom. The maximum atomic E-state index is 12.1. The summed E-state index contributed by atoms with van der Waals surface area (Å²) >= 11 is 1.69. The highest BCUT2D eigenvalue weighted by atomic mass is 32.2. The van der Waals surface area contributed by atoms with E-state index in [1.807, 2.05) is 30.1 Å². The van der Waals surface area contributed by atoms with E-state index in [0.717, 1.165) is 0 Å². The van der Waals surface area contributed by atoms with Crippen molar-refractivity contribution in [3.63, 3.8) is 0 Å². The molecule has 0 N–H and O–H groups in total. The number of carbonyl (C=O) groups excluding carboxylic acids is 1. The van der Waals surface area contributed by atoms with Gasteiger partial charge in [0.15, 0.2) is 0 Å².